The summed E-state index contributed by atoms with van der Waals surface area (Å²) >= 11 is 1.99. The summed E-state index contributed by atoms with van der Waals surface area (Å²) in [4.78, 5) is 6.57. The molecule has 1 N–H and O–H groups in total. The smallest absolute Gasteiger partial charge is 0.110 e. The van der Waals surface area contributed by atoms with Gasteiger partial charge in [0.15, 0.2) is 0 Å². The fraction of sp³-hybridized carbons (Fsp3) is 0.812. The molecule has 1 aromatic rings. The molecule has 1 aromatic heterocycles. The van der Waals surface area contributed by atoms with Gasteiger partial charge in [0, 0.05) is 10.9 Å². The molecule has 0 bridgehead atoms. The lowest BCUT2D eigenvalue weighted by molar-refractivity contribution is 0.359. The predicted octanol–water partition coefficient (Wildman–Crippen LogP) is 4.25. The standard InChI is InChI=1S/C16H26N2S/c1-3-6-11(2)15(17-12-9-10-12)16-18-13-7-4-5-8-14(13)19-16/h11-12,15,17H,3-10H2,1-2H3. The SMILES string of the molecule is CCCC(C)C(NC1CC1)c1nc2c(s1)CCCC2. The van der Waals surface area contributed by atoms with Crippen LogP contribution in [0.2, 0.25) is 0 Å². The number of thiazole rings is 1. The molecule has 19 heavy (non-hydrogen) atoms. The highest BCUT2D eigenvalue weighted by Crippen LogP contribution is 2.36. The van der Waals surface area contributed by atoms with Crippen LogP contribution in [0.15, 0.2) is 0 Å². The Hall–Kier alpha value is -0.410. The van der Waals surface area contributed by atoms with Gasteiger partial charge in [-0.05, 0) is 50.9 Å². The first kappa shape index (κ1) is 13.6. The second-order valence-corrected chi connectivity index (χ2v) is 7.43. The number of fused-ring (bicyclic) bond motifs is 1. The maximum absolute atomic E-state index is 4.99. The average molecular weight is 278 g/mol. The van der Waals surface area contributed by atoms with Gasteiger partial charge in [-0.15, -0.1) is 11.3 Å². The van der Waals surface area contributed by atoms with Crippen LogP contribution in [-0.2, 0) is 12.8 Å². The van der Waals surface area contributed by atoms with Crippen molar-refractivity contribution in [3.63, 3.8) is 0 Å². The largest absolute Gasteiger partial charge is 0.305 e. The molecule has 0 spiro atoms. The van der Waals surface area contributed by atoms with Gasteiger partial charge >= 0.3 is 0 Å². The quantitative estimate of drug-likeness (QED) is 0.841. The normalized spacial score (nSPS) is 22.0. The summed E-state index contributed by atoms with van der Waals surface area (Å²) in [5.41, 5.74) is 1.41. The Morgan fingerprint density at radius 1 is 1.32 bits per heavy atom. The molecule has 0 amide bonds. The van der Waals surface area contributed by atoms with Gasteiger partial charge in [0.1, 0.15) is 5.01 Å². The maximum Gasteiger partial charge on any atom is 0.110 e. The molecule has 2 nitrogen and oxygen atoms in total. The van der Waals surface area contributed by atoms with Crippen LogP contribution in [-0.4, -0.2) is 11.0 Å². The third kappa shape index (κ3) is 3.19. The van der Waals surface area contributed by atoms with Crippen LogP contribution in [0.1, 0.15) is 74.0 Å². The minimum absolute atomic E-state index is 0.503. The molecular formula is C16H26N2S. The second-order valence-electron chi connectivity index (χ2n) is 6.31. The summed E-state index contributed by atoms with van der Waals surface area (Å²) in [5.74, 6) is 0.707. The molecule has 106 valence electrons. The number of hydrogen-bond acceptors (Lipinski definition) is 3. The van der Waals surface area contributed by atoms with E-state index in [0.717, 1.165) is 6.04 Å². The molecule has 0 aromatic carbocycles. The molecule has 1 saturated carbocycles. The van der Waals surface area contributed by atoms with E-state index in [1.54, 1.807) is 4.88 Å². The van der Waals surface area contributed by atoms with Crippen molar-refractivity contribution >= 4 is 11.3 Å². The number of nitrogens with one attached hydrogen (secondary N) is 1. The Bertz CT molecular complexity index is 399. The van der Waals surface area contributed by atoms with Crippen molar-refractivity contribution in [3.8, 4) is 0 Å². The molecule has 0 saturated heterocycles. The molecule has 1 heterocycles. The van der Waals surface area contributed by atoms with Crippen molar-refractivity contribution in [1.82, 2.24) is 10.3 Å². The molecular weight excluding hydrogens is 252 g/mol. The Balaban J connectivity index is 1.78. The van der Waals surface area contributed by atoms with E-state index >= 15 is 0 Å². The summed E-state index contributed by atoms with van der Waals surface area (Å²) in [5, 5.41) is 5.22. The van der Waals surface area contributed by atoms with Crippen LogP contribution >= 0.6 is 11.3 Å². The highest BCUT2D eigenvalue weighted by molar-refractivity contribution is 7.11. The Morgan fingerprint density at radius 2 is 2.11 bits per heavy atom. The Labute approximate surface area is 121 Å². The zero-order chi connectivity index (χ0) is 13.2. The van der Waals surface area contributed by atoms with Crippen LogP contribution in [0.25, 0.3) is 0 Å². The van der Waals surface area contributed by atoms with E-state index < -0.39 is 0 Å². The predicted molar refractivity (Wildman–Crippen MR) is 81.7 cm³/mol. The molecule has 2 aliphatic carbocycles. The van der Waals surface area contributed by atoms with E-state index in [1.807, 2.05) is 11.3 Å². The number of nitrogens with zero attached hydrogens (tertiary/aromatic N) is 1. The number of aryl methyl sites for hydroxylation is 2. The highest BCUT2D eigenvalue weighted by atomic mass is 32.1. The molecule has 2 aliphatic rings. The number of aromatic nitrogens is 1. The van der Waals surface area contributed by atoms with Crippen molar-refractivity contribution in [2.45, 2.75) is 77.3 Å². The van der Waals surface area contributed by atoms with Crippen LogP contribution in [0.3, 0.4) is 0 Å². The lowest BCUT2D eigenvalue weighted by Gasteiger charge is -2.23. The Morgan fingerprint density at radius 3 is 2.79 bits per heavy atom. The van der Waals surface area contributed by atoms with E-state index in [1.165, 1.54) is 62.1 Å². The van der Waals surface area contributed by atoms with Crippen molar-refractivity contribution < 1.29 is 0 Å². The van der Waals surface area contributed by atoms with E-state index in [0.29, 0.717) is 12.0 Å². The first-order valence-corrected chi connectivity index (χ1v) is 8.84. The zero-order valence-corrected chi connectivity index (χ0v) is 13.1. The van der Waals surface area contributed by atoms with Gasteiger partial charge in [-0.25, -0.2) is 4.98 Å². The average Bonchev–Trinajstić information content (AvgIpc) is 3.13. The minimum Gasteiger partial charge on any atom is -0.305 e. The monoisotopic (exact) mass is 278 g/mol. The summed E-state index contributed by atoms with van der Waals surface area (Å²) in [6.07, 6.45) is 10.5. The Kier molecular flexibility index (Phi) is 4.23. The molecule has 3 heteroatoms. The van der Waals surface area contributed by atoms with E-state index in [4.69, 9.17) is 4.98 Å². The van der Waals surface area contributed by atoms with Gasteiger partial charge < -0.3 is 5.32 Å². The molecule has 3 rings (SSSR count). The fourth-order valence-electron chi connectivity index (χ4n) is 3.11. The minimum atomic E-state index is 0.503. The first-order chi connectivity index (χ1) is 9.28. The van der Waals surface area contributed by atoms with E-state index in [2.05, 4.69) is 19.2 Å². The van der Waals surface area contributed by atoms with E-state index in [-0.39, 0.29) is 0 Å². The second kappa shape index (κ2) is 5.92. The van der Waals surface area contributed by atoms with Gasteiger partial charge in [-0.3, -0.25) is 0 Å². The topological polar surface area (TPSA) is 24.9 Å². The van der Waals surface area contributed by atoms with Crippen LogP contribution in [0.5, 0.6) is 0 Å². The van der Waals surface area contributed by atoms with Crippen molar-refractivity contribution in [2.75, 3.05) is 0 Å². The van der Waals surface area contributed by atoms with E-state index in [9.17, 15) is 0 Å². The zero-order valence-electron chi connectivity index (χ0n) is 12.2. The maximum atomic E-state index is 4.99. The van der Waals surface area contributed by atoms with Crippen LogP contribution in [0, 0.1) is 5.92 Å². The van der Waals surface area contributed by atoms with Crippen molar-refractivity contribution in [3.05, 3.63) is 15.6 Å². The molecule has 1 fully saturated rings. The van der Waals surface area contributed by atoms with Crippen molar-refractivity contribution in [1.29, 1.82) is 0 Å². The van der Waals surface area contributed by atoms with Gasteiger partial charge in [-0.2, -0.15) is 0 Å². The fourth-order valence-corrected chi connectivity index (χ4v) is 4.46. The van der Waals surface area contributed by atoms with Crippen LogP contribution in [0.4, 0.5) is 0 Å². The lowest BCUT2D eigenvalue weighted by atomic mass is 9.97. The third-order valence-electron chi connectivity index (χ3n) is 4.43. The summed E-state index contributed by atoms with van der Waals surface area (Å²) in [7, 11) is 0. The van der Waals surface area contributed by atoms with Crippen LogP contribution < -0.4 is 5.32 Å². The van der Waals surface area contributed by atoms with Gasteiger partial charge in [-0.1, -0.05) is 20.3 Å². The summed E-state index contributed by atoms with van der Waals surface area (Å²) in [6.45, 7) is 4.68. The molecule has 2 unspecified atom stereocenters. The highest BCUT2D eigenvalue weighted by Gasteiger charge is 2.30. The number of hydrogen-bond donors (Lipinski definition) is 1. The van der Waals surface area contributed by atoms with Crippen molar-refractivity contribution in [2.24, 2.45) is 5.92 Å². The first-order valence-electron chi connectivity index (χ1n) is 8.02. The van der Waals surface area contributed by atoms with Gasteiger partial charge in [0.2, 0.25) is 0 Å². The van der Waals surface area contributed by atoms with Gasteiger partial charge in [0.25, 0.3) is 0 Å². The van der Waals surface area contributed by atoms with Gasteiger partial charge in [0.05, 0.1) is 11.7 Å². The summed E-state index contributed by atoms with van der Waals surface area (Å²) in [6, 6.07) is 1.27. The summed E-state index contributed by atoms with van der Waals surface area (Å²) < 4.78 is 0. The molecule has 2 atom stereocenters. The number of rotatable bonds is 6. The molecule has 0 aliphatic heterocycles. The molecule has 0 radical (unpaired) electrons. The third-order valence-corrected chi connectivity index (χ3v) is 5.67. The lowest BCUT2D eigenvalue weighted by Crippen LogP contribution is -2.28.